The average Bonchev–Trinajstić information content (AvgIpc) is 2.31. The van der Waals surface area contributed by atoms with Gasteiger partial charge in [-0.1, -0.05) is 0 Å². The summed E-state index contributed by atoms with van der Waals surface area (Å²) >= 11 is 0. The first-order chi connectivity index (χ1) is 8.61. The molecule has 0 saturated heterocycles. The Labute approximate surface area is 107 Å². The number of hydrogen-bond donors (Lipinski definition) is 1. The van der Waals surface area contributed by atoms with Crippen LogP contribution in [0.2, 0.25) is 0 Å². The molecule has 0 bridgehead atoms. The summed E-state index contributed by atoms with van der Waals surface area (Å²) in [4.78, 5) is 10.8. The molecule has 1 amide bonds. The van der Waals surface area contributed by atoms with Crippen LogP contribution < -0.4 is 10.1 Å². The molecule has 100 valence electrons. The number of carbonyl (C=O) groups is 1. The molecule has 1 aromatic carbocycles. The van der Waals surface area contributed by atoms with Crippen molar-refractivity contribution in [2.75, 3.05) is 25.6 Å². The van der Waals surface area contributed by atoms with Gasteiger partial charge in [-0.3, -0.25) is 4.79 Å². The zero-order valence-electron chi connectivity index (χ0n) is 10.9. The van der Waals surface area contributed by atoms with E-state index in [1.165, 1.54) is 6.92 Å². The molecule has 1 atom stereocenters. The van der Waals surface area contributed by atoms with Gasteiger partial charge in [0.05, 0.1) is 13.2 Å². The highest BCUT2D eigenvalue weighted by molar-refractivity contribution is 5.88. The summed E-state index contributed by atoms with van der Waals surface area (Å²) in [5.41, 5.74) is 0.739. The highest BCUT2D eigenvalue weighted by Crippen LogP contribution is 2.17. The Hall–Kier alpha value is -1.59. The van der Waals surface area contributed by atoms with E-state index < -0.39 is 0 Å². The number of rotatable bonds is 7. The Bertz CT molecular complexity index is 364. The second-order valence-corrected chi connectivity index (χ2v) is 3.75. The van der Waals surface area contributed by atoms with Crippen molar-refractivity contribution in [3.8, 4) is 5.75 Å². The van der Waals surface area contributed by atoms with Gasteiger partial charge in [-0.25, -0.2) is 0 Å². The maximum atomic E-state index is 10.8. The van der Waals surface area contributed by atoms with E-state index in [1.807, 2.05) is 6.92 Å². The van der Waals surface area contributed by atoms with Gasteiger partial charge < -0.3 is 19.5 Å². The van der Waals surface area contributed by atoms with Gasteiger partial charge in [0.2, 0.25) is 5.91 Å². The van der Waals surface area contributed by atoms with E-state index in [2.05, 4.69) is 5.32 Å². The molecule has 0 aromatic heterocycles. The van der Waals surface area contributed by atoms with Gasteiger partial charge in [-0.2, -0.15) is 0 Å². The number of benzene rings is 1. The Balaban J connectivity index is 2.40. The second-order valence-electron chi connectivity index (χ2n) is 3.75. The van der Waals surface area contributed by atoms with Crippen molar-refractivity contribution in [1.82, 2.24) is 0 Å². The van der Waals surface area contributed by atoms with Crippen molar-refractivity contribution >= 4 is 11.6 Å². The summed E-state index contributed by atoms with van der Waals surface area (Å²) in [5.74, 6) is 0.592. The molecule has 0 fully saturated rings. The third-order valence-electron chi connectivity index (χ3n) is 2.12. The van der Waals surface area contributed by atoms with Crippen molar-refractivity contribution in [1.29, 1.82) is 0 Å². The predicted octanol–water partition coefficient (Wildman–Crippen LogP) is 2.03. The van der Waals surface area contributed by atoms with Crippen LogP contribution in [0.4, 0.5) is 5.69 Å². The van der Waals surface area contributed by atoms with Crippen LogP contribution >= 0.6 is 0 Å². The van der Waals surface area contributed by atoms with Crippen LogP contribution in [0.3, 0.4) is 0 Å². The fraction of sp³-hybridized carbons (Fsp3) is 0.462. The van der Waals surface area contributed by atoms with Crippen LogP contribution in [0.25, 0.3) is 0 Å². The molecular formula is C13H19NO4. The van der Waals surface area contributed by atoms with Gasteiger partial charge in [0.1, 0.15) is 5.75 Å². The number of nitrogens with one attached hydrogen (secondary N) is 1. The van der Waals surface area contributed by atoms with Crippen LogP contribution in [0.1, 0.15) is 13.8 Å². The van der Waals surface area contributed by atoms with E-state index in [0.29, 0.717) is 19.0 Å². The molecular weight excluding hydrogens is 234 g/mol. The molecule has 0 radical (unpaired) electrons. The number of carbonyl (C=O) groups excluding carboxylic acids is 1. The molecule has 0 aliphatic heterocycles. The minimum atomic E-state index is -0.341. The summed E-state index contributed by atoms with van der Waals surface area (Å²) < 4.78 is 15.8. The molecule has 1 N–H and O–H groups in total. The number of anilines is 1. The van der Waals surface area contributed by atoms with Crippen LogP contribution in [-0.2, 0) is 14.3 Å². The van der Waals surface area contributed by atoms with Crippen molar-refractivity contribution in [3.05, 3.63) is 24.3 Å². The molecule has 5 heteroatoms. The van der Waals surface area contributed by atoms with E-state index in [4.69, 9.17) is 14.2 Å². The maximum absolute atomic E-state index is 10.8. The number of ether oxygens (including phenoxy) is 3. The molecule has 18 heavy (non-hydrogen) atoms. The van der Waals surface area contributed by atoms with Crippen molar-refractivity contribution in [2.45, 2.75) is 20.1 Å². The Morgan fingerprint density at radius 1 is 1.28 bits per heavy atom. The van der Waals surface area contributed by atoms with Crippen LogP contribution in [0.15, 0.2) is 24.3 Å². The van der Waals surface area contributed by atoms with Gasteiger partial charge in [0, 0.05) is 19.7 Å². The van der Waals surface area contributed by atoms with E-state index in [9.17, 15) is 4.79 Å². The molecule has 5 nitrogen and oxygen atoms in total. The average molecular weight is 253 g/mol. The predicted molar refractivity (Wildman–Crippen MR) is 68.7 cm³/mol. The van der Waals surface area contributed by atoms with Crippen LogP contribution in [0, 0.1) is 0 Å². The normalized spacial score (nSPS) is 11.9. The van der Waals surface area contributed by atoms with Crippen molar-refractivity contribution < 1.29 is 19.0 Å². The van der Waals surface area contributed by atoms with Gasteiger partial charge in [0.15, 0.2) is 6.29 Å². The lowest BCUT2D eigenvalue weighted by Crippen LogP contribution is -2.18. The molecule has 0 saturated carbocycles. The fourth-order valence-electron chi connectivity index (χ4n) is 1.34. The minimum absolute atomic E-state index is 0.0973. The summed E-state index contributed by atoms with van der Waals surface area (Å²) in [5, 5.41) is 2.68. The molecule has 1 rings (SSSR count). The molecule has 0 spiro atoms. The van der Waals surface area contributed by atoms with Gasteiger partial charge in [-0.05, 0) is 31.2 Å². The van der Waals surface area contributed by atoms with Gasteiger partial charge in [0.25, 0.3) is 0 Å². The highest BCUT2D eigenvalue weighted by atomic mass is 16.7. The Kier molecular flexibility index (Phi) is 6.18. The summed E-state index contributed by atoms with van der Waals surface area (Å²) in [7, 11) is 1.62. The largest absolute Gasteiger partial charge is 0.465 e. The van der Waals surface area contributed by atoms with Crippen LogP contribution in [-0.4, -0.2) is 32.5 Å². The smallest absolute Gasteiger partial charge is 0.221 e. The number of hydrogen-bond acceptors (Lipinski definition) is 4. The van der Waals surface area contributed by atoms with E-state index in [-0.39, 0.29) is 12.2 Å². The third-order valence-corrected chi connectivity index (χ3v) is 2.12. The molecule has 0 aliphatic carbocycles. The first-order valence-corrected chi connectivity index (χ1v) is 5.76. The maximum Gasteiger partial charge on any atom is 0.221 e. The van der Waals surface area contributed by atoms with Crippen LogP contribution in [0.5, 0.6) is 5.75 Å². The van der Waals surface area contributed by atoms with E-state index in [0.717, 1.165) is 5.69 Å². The lowest BCUT2D eigenvalue weighted by Gasteiger charge is -2.15. The highest BCUT2D eigenvalue weighted by Gasteiger charge is 2.04. The first-order valence-electron chi connectivity index (χ1n) is 5.76. The Morgan fingerprint density at radius 3 is 2.50 bits per heavy atom. The SMILES string of the molecule is COCCOC(C)Oc1ccc(NC(C)=O)cc1. The molecule has 0 heterocycles. The molecule has 1 aromatic rings. The zero-order valence-corrected chi connectivity index (χ0v) is 10.9. The number of methoxy groups -OCH3 is 1. The Morgan fingerprint density at radius 2 is 1.94 bits per heavy atom. The monoisotopic (exact) mass is 253 g/mol. The van der Waals surface area contributed by atoms with Crippen molar-refractivity contribution in [3.63, 3.8) is 0 Å². The zero-order chi connectivity index (χ0) is 13.4. The van der Waals surface area contributed by atoms with E-state index >= 15 is 0 Å². The lowest BCUT2D eigenvalue weighted by atomic mass is 10.3. The lowest BCUT2D eigenvalue weighted by molar-refractivity contribution is -0.114. The second kappa shape index (κ2) is 7.68. The van der Waals surface area contributed by atoms with Gasteiger partial charge >= 0.3 is 0 Å². The summed E-state index contributed by atoms with van der Waals surface area (Å²) in [6.07, 6.45) is -0.341. The minimum Gasteiger partial charge on any atom is -0.465 e. The summed E-state index contributed by atoms with van der Waals surface area (Å²) in [6.45, 7) is 4.31. The molecule has 0 aliphatic rings. The van der Waals surface area contributed by atoms with Gasteiger partial charge in [-0.15, -0.1) is 0 Å². The fourth-order valence-corrected chi connectivity index (χ4v) is 1.34. The first kappa shape index (κ1) is 14.5. The molecule has 1 unspecified atom stereocenters. The summed E-state index contributed by atoms with van der Waals surface area (Å²) in [6, 6.07) is 7.11. The topological polar surface area (TPSA) is 56.8 Å². The van der Waals surface area contributed by atoms with Crippen molar-refractivity contribution in [2.24, 2.45) is 0 Å². The standard InChI is InChI=1S/C13H19NO4/c1-10(15)14-12-4-6-13(7-5-12)18-11(2)17-9-8-16-3/h4-7,11H,8-9H2,1-3H3,(H,14,15). The quantitative estimate of drug-likeness (QED) is 0.596. The third kappa shape index (κ3) is 5.65. The number of amides is 1. The van der Waals surface area contributed by atoms with E-state index in [1.54, 1.807) is 31.4 Å².